The van der Waals surface area contributed by atoms with Gasteiger partial charge in [-0.1, -0.05) is 23.7 Å². The van der Waals surface area contributed by atoms with Crippen LogP contribution in [0.25, 0.3) is 10.9 Å². The lowest BCUT2D eigenvalue weighted by Crippen LogP contribution is -2.34. The second-order valence-corrected chi connectivity index (χ2v) is 8.89. The molecule has 1 fully saturated rings. The molecule has 1 heterocycles. The van der Waals surface area contributed by atoms with Gasteiger partial charge in [-0.25, -0.2) is 9.37 Å². The Labute approximate surface area is 192 Å². The summed E-state index contributed by atoms with van der Waals surface area (Å²) in [6, 6.07) is 12.1. The molecular weight excluding hydrogens is 429 g/mol. The first kappa shape index (κ1) is 22.3. The summed E-state index contributed by atoms with van der Waals surface area (Å²) in [6.07, 6.45) is 3.88. The predicted molar refractivity (Wildman–Crippen MR) is 127 cm³/mol. The fourth-order valence-electron chi connectivity index (χ4n) is 4.16. The number of nitrogens with zero attached hydrogens (tertiary/aromatic N) is 3. The van der Waals surface area contributed by atoms with E-state index in [1.54, 1.807) is 0 Å². The first-order chi connectivity index (χ1) is 15.4. The maximum atomic E-state index is 13.4. The minimum absolute atomic E-state index is 0.173. The topological polar surface area (TPSA) is 70.2 Å². The number of hydrogen-bond acceptors (Lipinski definition) is 5. The van der Waals surface area contributed by atoms with Crippen LogP contribution in [-0.4, -0.2) is 42.6 Å². The van der Waals surface area contributed by atoms with Gasteiger partial charge in [0.2, 0.25) is 5.95 Å². The van der Waals surface area contributed by atoms with E-state index in [4.69, 9.17) is 21.6 Å². The van der Waals surface area contributed by atoms with Gasteiger partial charge in [-0.3, -0.25) is 4.79 Å². The highest BCUT2D eigenvalue weighted by atomic mass is 35.5. The van der Waals surface area contributed by atoms with E-state index in [1.807, 2.05) is 43.3 Å². The number of halogens is 2. The Kier molecular flexibility index (Phi) is 6.74. The zero-order chi connectivity index (χ0) is 22.7. The minimum Gasteiger partial charge on any atom is -0.362 e. The van der Waals surface area contributed by atoms with E-state index in [0.717, 1.165) is 42.4 Å². The van der Waals surface area contributed by atoms with E-state index >= 15 is 0 Å². The molecule has 8 heteroatoms. The smallest absolute Gasteiger partial charge is 0.252 e. The molecule has 4 rings (SSSR count). The van der Waals surface area contributed by atoms with E-state index < -0.39 is 5.82 Å². The van der Waals surface area contributed by atoms with Gasteiger partial charge in [0.15, 0.2) is 0 Å². The van der Waals surface area contributed by atoms with Gasteiger partial charge in [0, 0.05) is 32.1 Å². The number of nitrogens with one attached hydrogen (secondary N) is 2. The van der Waals surface area contributed by atoms with Gasteiger partial charge in [-0.2, -0.15) is 4.98 Å². The number of rotatable bonds is 6. The molecule has 32 heavy (non-hydrogen) atoms. The highest BCUT2D eigenvalue weighted by molar-refractivity contribution is 6.33. The minimum atomic E-state index is -0.473. The van der Waals surface area contributed by atoms with E-state index in [0.29, 0.717) is 18.4 Å². The van der Waals surface area contributed by atoms with Crippen molar-refractivity contribution in [3.05, 3.63) is 58.9 Å². The van der Waals surface area contributed by atoms with E-state index in [2.05, 4.69) is 10.6 Å². The van der Waals surface area contributed by atoms with Crippen LogP contribution >= 0.6 is 11.6 Å². The third-order valence-electron chi connectivity index (χ3n) is 5.91. The average Bonchev–Trinajstić information content (AvgIpc) is 2.79. The van der Waals surface area contributed by atoms with Crippen molar-refractivity contribution in [1.29, 1.82) is 0 Å². The summed E-state index contributed by atoms with van der Waals surface area (Å²) < 4.78 is 13.4. The van der Waals surface area contributed by atoms with E-state index in [-0.39, 0.29) is 22.5 Å². The quantitative estimate of drug-likeness (QED) is 0.553. The number of aromatic nitrogens is 2. The van der Waals surface area contributed by atoms with E-state index in [9.17, 15) is 9.18 Å². The van der Waals surface area contributed by atoms with Crippen LogP contribution in [0.15, 0.2) is 42.5 Å². The van der Waals surface area contributed by atoms with Crippen LogP contribution in [0.5, 0.6) is 0 Å². The van der Waals surface area contributed by atoms with Crippen molar-refractivity contribution in [2.45, 2.75) is 31.7 Å². The van der Waals surface area contributed by atoms with Crippen LogP contribution in [0.1, 0.15) is 36.0 Å². The molecule has 1 aliphatic rings. The lowest BCUT2D eigenvalue weighted by molar-refractivity contribution is 0.0943. The molecule has 3 aromatic rings. The van der Waals surface area contributed by atoms with Crippen molar-refractivity contribution in [2.75, 3.05) is 30.9 Å². The molecule has 0 bridgehead atoms. The first-order valence-corrected chi connectivity index (χ1v) is 11.2. The summed E-state index contributed by atoms with van der Waals surface area (Å²) in [5.74, 6) is 1.10. The normalized spacial score (nSPS) is 18.4. The Morgan fingerprint density at radius 2 is 1.88 bits per heavy atom. The first-order valence-electron chi connectivity index (χ1n) is 10.8. The van der Waals surface area contributed by atoms with Crippen molar-refractivity contribution >= 4 is 40.2 Å². The molecule has 0 aliphatic heterocycles. The Bertz CT molecular complexity index is 1110. The van der Waals surface area contributed by atoms with Crippen LogP contribution in [0.4, 0.5) is 16.2 Å². The monoisotopic (exact) mass is 455 g/mol. The Morgan fingerprint density at radius 1 is 1.12 bits per heavy atom. The highest BCUT2D eigenvalue weighted by Crippen LogP contribution is 2.28. The molecule has 2 N–H and O–H groups in total. The molecule has 0 radical (unpaired) electrons. The van der Waals surface area contributed by atoms with E-state index in [1.165, 1.54) is 18.2 Å². The van der Waals surface area contributed by atoms with Gasteiger partial charge in [-0.15, -0.1) is 0 Å². The molecule has 1 aliphatic carbocycles. The molecule has 2 aromatic carbocycles. The van der Waals surface area contributed by atoms with Gasteiger partial charge in [0.05, 0.1) is 16.1 Å². The standard InChI is InChI=1S/C24H27ClFN5O/c1-31(2)22-18-5-3-4-6-21(18)29-24(30-22)28-17-10-7-15(8-11-17)14-27-23(32)19-13-16(26)9-12-20(19)25/h3-6,9,12-13,15,17H,7-8,10-11,14H2,1-2H3,(H,27,32)(H,28,29,30)/t15-,17+. The maximum absolute atomic E-state index is 13.4. The van der Waals surface area contributed by atoms with Crippen LogP contribution in [0, 0.1) is 11.7 Å². The number of hydrogen-bond donors (Lipinski definition) is 2. The SMILES string of the molecule is CN(C)c1nc(N[C@H]2CC[C@@H](CNC(=O)c3cc(F)ccc3Cl)CC2)nc2ccccc12. The molecule has 0 unspecified atom stereocenters. The third-order valence-corrected chi connectivity index (χ3v) is 6.24. The lowest BCUT2D eigenvalue weighted by atomic mass is 9.86. The molecular formula is C24H27ClFN5O. The molecule has 168 valence electrons. The number of carbonyl (C=O) groups is 1. The number of para-hydroxylation sites is 1. The Balaban J connectivity index is 1.32. The van der Waals surface area contributed by atoms with Gasteiger partial charge in [0.25, 0.3) is 5.91 Å². The van der Waals surface area contributed by atoms with Crippen molar-refractivity contribution < 1.29 is 9.18 Å². The van der Waals surface area contributed by atoms with Crippen LogP contribution < -0.4 is 15.5 Å². The predicted octanol–water partition coefficient (Wildman–Crippen LogP) is 4.89. The lowest BCUT2D eigenvalue weighted by Gasteiger charge is -2.29. The Morgan fingerprint density at radius 3 is 2.62 bits per heavy atom. The number of benzene rings is 2. The fourth-order valence-corrected chi connectivity index (χ4v) is 4.37. The van der Waals surface area contributed by atoms with Crippen LogP contribution in [-0.2, 0) is 0 Å². The molecule has 1 saturated carbocycles. The number of fused-ring (bicyclic) bond motifs is 1. The van der Waals surface area contributed by atoms with Crippen molar-refractivity contribution in [1.82, 2.24) is 15.3 Å². The molecule has 1 aromatic heterocycles. The van der Waals surface area contributed by atoms with Crippen molar-refractivity contribution in [2.24, 2.45) is 5.92 Å². The van der Waals surface area contributed by atoms with Gasteiger partial charge in [0.1, 0.15) is 11.6 Å². The van der Waals surface area contributed by atoms with Crippen molar-refractivity contribution in [3.8, 4) is 0 Å². The molecule has 0 spiro atoms. The zero-order valence-electron chi connectivity index (χ0n) is 18.2. The maximum Gasteiger partial charge on any atom is 0.252 e. The molecule has 6 nitrogen and oxygen atoms in total. The summed E-state index contributed by atoms with van der Waals surface area (Å²) in [5.41, 5.74) is 1.09. The molecule has 0 atom stereocenters. The largest absolute Gasteiger partial charge is 0.362 e. The van der Waals surface area contributed by atoms with Crippen molar-refractivity contribution in [3.63, 3.8) is 0 Å². The summed E-state index contributed by atoms with van der Waals surface area (Å²) in [5, 5.41) is 7.68. The van der Waals surface area contributed by atoms with Crippen LogP contribution in [0.2, 0.25) is 5.02 Å². The third kappa shape index (κ3) is 5.10. The Hall–Kier alpha value is -2.93. The number of amides is 1. The highest BCUT2D eigenvalue weighted by Gasteiger charge is 2.23. The number of anilines is 2. The summed E-state index contributed by atoms with van der Waals surface area (Å²) in [4.78, 5) is 23.8. The molecule has 1 amide bonds. The second kappa shape index (κ2) is 9.69. The average molecular weight is 456 g/mol. The second-order valence-electron chi connectivity index (χ2n) is 8.48. The van der Waals surface area contributed by atoms with Gasteiger partial charge < -0.3 is 15.5 Å². The summed E-state index contributed by atoms with van der Waals surface area (Å²) >= 11 is 6.03. The van der Waals surface area contributed by atoms with Gasteiger partial charge >= 0.3 is 0 Å². The fraction of sp³-hybridized carbons (Fsp3) is 0.375. The summed E-state index contributed by atoms with van der Waals surface area (Å²) in [7, 11) is 3.96. The van der Waals surface area contributed by atoms with Crippen LogP contribution in [0.3, 0.4) is 0 Å². The van der Waals surface area contributed by atoms with Gasteiger partial charge in [-0.05, 0) is 61.9 Å². The molecule has 0 saturated heterocycles. The zero-order valence-corrected chi connectivity index (χ0v) is 19.0. The summed E-state index contributed by atoms with van der Waals surface area (Å²) in [6.45, 7) is 0.551. The number of carbonyl (C=O) groups excluding carboxylic acids is 1.